The first kappa shape index (κ1) is 14.1. The van der Waals surface area contributed by atoms with Gasteiger partial charge in [-0.2, -0.15) is 0 Å². The lowest BCUT2D eigenvalue weighted by atomic mass is 10.0. The molecule has 2 heterocycles. The summed E-state index contributed by atoms with van der Waals surface area (Å²) in [6.45, 7) is 2.14. The molecule has 2 aliphatic rings. The molecule has 1 aromatic heterocycles. The van der Waals surface area contributed by atoms with Gasteiger partial charge in [0.25, 0.3) is 5.91 Å². The molecule has 0 radical (unpaired) electrons. The molecule has 0 spiro atoms. The molecule has 1 aliphatic carbocycles. The summed E-state index contributed by atoms with van der Waals surface area (Å²) < 4.78 is 0. The molecule has 4 nitrogen and oxygen atoms in total. The number of hydrogen-bond acceptors (Lipinski definition) is 3. The van der Waals surface area contributed by atoms with E-state index in [2.05, 4.69) is 15.2 Å². The fraction of sp³-hybridized carbons (Fsp3) is 0.571. The third-order valence-electron chi connectivity index (χ3n) is 3.99. The van der Waals surface area contributed by atoms with Gasteiger partial charge in [-0.1, -0.05) is 23.2 Å². The van der Waals surface area contributed by atoms with Crippen molar-refractivity contribution < 1.29 is 4.79 Å². The predicted octanol–water partition coefficient (Wildman–Crippen LogP) is 2.75. The Morgan fingerprint density at radius 3 is 2.50 bits per heavy atom. The molecule has 108 valence electrons. The van der Waals surface area contributed by atoms with Gasteiger partial charge >= 0.3 is 0 Å². The average Bonchev–Trinajstić information content (AvgIpc) is 3.23. The molecule has 0 atom stereocenters. The molecule has 2 fully saturated rings. The number of carbonyl (C=O) groups excluding carboxylic acids is 1. The van der Waals surface area contributed by atoms with Crippen LogP contribution in [0.5, 0.6) is 0 Å². The number of carbonyl (C=O) groups is 1. The molecular formula is C14H17Cl2N3O. The van der Waals surface area contributed by atoms with Crippen LogP contribution >= 0.6 is 23.2 Å². The van der Waals surface area contributed by atoms with E-state index in [1.807, 2.05) is 0 Å². The van der Waals surface area contributed by atoms with Crippen molar-refractivity contribution in [1.82, 2.24) is 15.2 Å². The molecule has 1 aromatic rings. The standard InChI is InChI=1S/C14H17Cl2N3O/c15-12-4-3-11(13(16)18-12)14(20)17-9-5-7-19(8-6-9)10-1-2-10/h3-4,9-10H,1-2,5-8H2,(H,17,20). The van der Waals surface area contributed by atoms with Crippen molar-refractivity contribution in [3.63, 3.8) is 0 Å². The highest BCUT2D eigenvalue weighted by Gasteiger charge is 2.32. The van der Waals surface area contributed by atoms with E-state index in [4.69, 9.17) is 23.2 Å². The quantitative estimate of drug-likeness (QED) is 0.873. The smallest absolute Gasteiger partial charge is 0.254 e. The molecule has 1 N–H and O–H groups in total. The Kier molecular flexibility index (Phi) is 4.15. The van der Waals surface area contributed by atoms with Gasteiger partial charge in [-0.15, -0.1) is 0 Å². The Balaban J connectivity index is 1.56. The van der Waals surface area contributed by atoms with E-state index in [1.165, 1.54) is 12.8 Å². The van der Waals surface area contributed by atoms with E-state index in [-0.39, 0.29) is 17.1 Å². The van der Waals surface area contributed by atoms with E-state index < -0.39 is 0 Å². The van der Waals surface area contributed by atoms with Crippen LogP contribution in [0, 0.1) is 0 Å². The Hall–Kier alpha value is -0.840. The van der Waals surface area contributed by atoms with Crippen LogP contribution < -0.4 is 5.32 Å². The van der Waals surface area contributed by atoms with E-state index in [0.717, 1.165) is 32.0 Å². The number of nitrogens with zero attached hydrogens (tertiary/aromatic N) is 2. The average molecular weight is 314 g/mol. The summed E-state index contributed by atoms with van der Waals surface area (Å²) in [7, 11) is 0. The van der Waals surface area contributed by atoms with Crippen LogP contribution in [-0.2, 0) is 0 Å². The number of piperidine rings is 1. The molecule has 0 unspecified atom stereocenters. The number of hydrogen-bond donors (Lipinski definition) is 1. The van der Waals surface area contributed by atoms with Gasteiger partial charge in [0.2, 0.25) is 0 Å². The Labute approximate surface area is 128 Å². The summed E-state index contributed by atoms with van der Waals surface area (Å²) >= 11 is 11.7. The van der Waals surface area contributed by atoms with Gasteiger partial charge in [0.1, 0.15) is 10.3 Å². The molecule has 3 rings (SSSR count). The minimum Gasteiger partial charge on any atom is -0.349 e. The van der Waals surface area contributed by atoms with Crippen molar-refractivity contribution >= 4 is 29.1 Å². The number of nitrogens with one attached hydrogen (secondary N) is 1. The summed E-state index contributed by atoms with van der Waals surface area (Å²) in [6, 6.07) is 4.23. The minimum atomic E-state index is -0.163. The number of pyridine rings is 1. The van der Waals surface area contributed by atoms with Crippen molar-refractivity contribution in [3.05, 3.63) is 28.0 Å². The van der Waals surface area contributed by atoms with Crippen LogP contribution in [0.4, 0.5) is 0 Å². The van der Waals surface area contributed by atoms with Crippen LogP contribution in [0.3, 0.4) is 0 Å². The maximum Gasteiger partial charge on any atom is 0.254 e. The summed E-state index contributed by atoms with van der Waals surface area (Å²) in [4.78, 5) is 18.6. The summed E-state index contributed by atoms with van der Waals surface area (Å²) in [5.41, 5.74) is 0.390. The highest BCUT2D eigenvalue weighted by molar-refractivity contribution is 6.34. The molecular weight excluding hydrogens is 297 g/mol. The molecule has 20 heavy (non-hydrogen) atoms. The van der Waals surface area contributed by atoms with Crippen LogP contribution in [0.25, 0.3) is 0 Å². The van der Waals surface area contributed by atoms with Gasteiger partial charge in [-0.25, -0.2) is 4.98 Å². The van der Waals surface area contributed by atoms with Gasteiger partial charge in [-0.3, -0.25) is 4.79 Å². The van der Waals surface area contributed by atoms with Crippen molar-refractivity contribution in [3.8, 4) is 0 Å². The molecule has 0 bridgehead atoms. The highest BCUT2D eigenvalue weighted by Crippen LogP contribution is 2.29. The van der Waals surface area contributed by atoms with Crippen LogP contribution in [0.15, 0.2) is 12.1 Å². The van der Waals surface area contributed by atoms with E-state index in [9.17, 15) is 4.79 Å². The fourth-order valence-electron chi connectivity index (χ4n) is 2.69. The molecule has 1 saturated heterocycles. The maximum absolute atomic E-state index is 12.2. The molecule has 1 aliphatic heterocycles. The third-order valence-corrected chi connectivity index (χ3v) is 4.49. The summed E-state index contributed by atoms with van der Waals surface area (Å²) in [5.74, 6) is -0.163. The lowest BCUT2D eigenvalue weighted by molar-refractivity contribution is 0.0909. The minimum absolute atomic E-state index is 0.158. The van der Waals surface area contributed by atoms with Crippen molar-refractivity contribution in [2.75, 3.05) is 13.1 Å². The van der Waals surface area contributed by atoms with Crippen molar-refractivity contribution in [1.29, 1.82) is 0 Å². The first-order chi connectivity index (χ1) is 9.63. The number of amides is 1. The molecule has 1 amide bonds. The third kappa shape index (κ3) is 3.25. The van der Waals surface area contributed by atoms with Crippen LogP contribution in [-0.4, -0.2) is 41.0 Å². The normalized spacial score (nSPS) is 20.9. The first-order valence-electron chi connectivity index (χ1n) is 7.00. The Morgan fingerprint density at radius 1 is 1.20 bits per heavy atom. The first-order valence-corrected chi connectivity index (χ1v) is 7.76. The monoisotopic (exact) mass is 313 g/mol. The lowest BCUT2D eigenvalue weighted by Crippen LogP contribution is -2.45. The van der Waals surface area contributed by atoms with Gasteiger partial charge in [0.05, 0.1) is 5.56 Å². The molecule has 1 saturated carbocycles. The van der Waals surface area contributed by atoms with E-state index in [1.54, 1.807) is 12.1 Å². The van der Waals surface area contributed by atoms with Gasteiger partial charge in [0.15, 0.2) is 0 Å². The zero-order valence-corrected chi connectivity index (χ0v) is 12.6. The topological polar surface area (TPSA) is 45.2 Å². The largest absolute Gasteiger partial charge is 0.349 e. The number of aromatic nitrogens is 1. The lowest BCUT2D eigenvalue weighted by Gasteiger charge is -2.32. The molecule has 6 heteroatoms. The van der Waals surface area contributed by atoms with Gasteiger partial charge < -0.3 is 10.2 Å². The second-order valence-electron chi connectivity index (χ2n) is 5.49. The second-order valence-corrected chi connectivity index (χ2v) is 6.23. The number of halogens is 2. The predicted molar refractivity (Wildman–Crippen MR) is 79.3 cm³/mol. The maximum atomic E-state index is 12.2. The number of rotatable bonds is 3. The summed E-state index contributed by atoms with van der Waals surface area (Å²) in [6.07, 6.45) is 4.67. The highest BCUT2D eigenvalue weighted by atomic mass is 35.5. The van der Waals surface area contributed by atoms with Crippen molar-refractivity contribution in [2.24, 2.45) is 0 Å². The SMILES string of the molecule is O=C(NC1CCN(C2CC2)CC1)c1ccc(Cl)nc1Cl. The van der Waals surface area contributed by atoms with Crippen molar-refractivity contribution in [2.45, 2.75) is 37.8 Å². The zero-order chi connectivity index (χ0) is 14.1. The summed E-state index contributed by atoms with van der Waals surface area (Å²) in [5, 5.41) is 3.50. The Bertz CT molecular complexity index is 511. The van der Waals surface area contributed by atoms with Crippen LogP contribution in [0.2, 0.25) is 10.3 Å². The number of likely N-dealkylation sites (tertiary alicyclic amines) is 1. The van der Waals surface area contributed by atoms with E-state index in [0.29, 0.717) is 10.7 Å². The van der Waals surface area contributed by atoms with Crippen LogP contribution in [0.1, 0.15) is 36.0 Å². The second kappa shape index (κ2) is 5.88. The molecule has 0 aromatic carbocycles. The van der Waals surface area contributed by atoms with Gasteiger partial charge in [-0.05, 0) is 37.8 Å². The Morgan fingerprint density at radius 2 is 1.90 bits per heavy atom. The zero-order valence-electron chi connectivity index (χ0n) is 11.1. The fourth-order valence-corrected chi connectivity index (χ4v) is 3.12. The van der Waals surface area contributed by atoms with E-state index >= 15 is 0 Å². The van der Waals surface area contributed by atoms with Gasteiger partial charge in [0, 0.05) is 25.2 Å².